The molecule has 9 nitrogen and oxygen atoms in total. The fourth-order valence-corrected chi connectivity index (χ4v) is 7.35. The standard InChI is InChI=1S/C28H35ClN4O5S/c29-22-5-7-23(8-6-22)39(36,37)33-13-11-30-28(35)26(33)19-27(34)31-25-3-1-2-21-18-20(4-9-24(21)25)10-12-32-14-16-38-17-15-32/h4-9,18,25-26H,1-3,10-17,19H2,(H,30,35)(H,31,34). The van der Waals surface area contributed by atoms with Crippen LogP contribution in [0.3, 0.4) is 0 Å². The van der Waals surface area contributed by atoms with E-state index in [9.17, 15) is 18.0 Å². The van der Waals surface area contributed by atoms with Gasteiger partial charge in [0, 0.05) is 37.7 Å². The zero-order valence-electron chi connectivity index (χ0n) is 21.9. The number of hydrogen-bond acceptors (Lipinski definition) is 6. The average molecular weight is 575 g/mol. The molecule has 39 heavy (non-hydrogen) atoms. The Balaban J connectivity index is 1.24. The molecule has 1 aliphatic carbocycles. The molecule has 0 bridgehead atoms. The molecular weight excluding hydrogens is 540 g/mol. The summed E-state index contributed by atoms with van der Waals surface area (Å²) in [6.07, 6.45) is 3.44. The number of rotatable bonds is 8. The number of carbonyl (C=O) groups is 2. The molecule has 0 spiro atoms. The number of benzene rings is 2. The lowest BCUT2D eigenvalue weighted by atomic mass is 9.86. The van der Waals surface area contributed by atoms with Crippen molar-refractivity contribution >= 4 is 33.4 Å². The minimum atomic E-state index is -3.98. The van der Waals surface area contributed by atoms with Gasteiger partial charge < -0.3 is 15.4 Å². The monoisotopic (exact) mass is 574 g/mol. The Bertz CT molecular complexity index is 1300. The molecule has 5 rings (SSSR count). The van der Waals surface area contributed by atoms with E-state index in [1.54, 1.807) is 0 Å². The zero-order chi connectivity index (χ0) is 27.4. The fourth-order valence-electron chi connectivity index (χ4n) is 5.63. The molecule has 2 atom stereocenters. The maximum absolute atomic E-state index is 13.3. The summed E-state index contributed by atoms with van der Waals surface area (Å²) in [6.45, 7) is 4.80. The van der Waals surface area contributed by atoms with E-state index in [2.05, 4.69) is 33.7 Å². The number of ether oxygens (including phenoxy) is 1. The lowest BCUT2D eigenvalue weighted by molar-refractivity contribution is -0.132. The van der Waals surface area contributed by atoms with Crippen LogP contribution in [0.15, 0.2) is 47.4 Å². The highest BCUT2D eigenvalue weighted by Gasteiger charge is 2.40. The van der Waals surface area contributed by atoms with E-state index in [4.69, 9.17) is 16.3 Å². The summed E-state index contributed by atoms with van der Waals surface area (Å²) in [5.41, 5.74) is 3.63. The van der Waals surface area contributed by atoms with Crippen molar-refractivity contribution in [2.75, 3.05) is 45.9 Å². The van der Waals surface area contributed by atoms with Crippen LogP contribution in [-0.4, -0.2) is 81.4 Å². The average Bonchev–Trinajstić information content (AvgIpc) is 2.94. The van der Waals surface area contributed by atoms with E-state index in [0.29, 0.717) is 5.02 Å². The Kier molecular flexibility index (Phi) is 8.88. The second-order valence-corrected chi connectivity index (χ2v) is 12.7. The van der Waals surface area contributed by atoms with E-state index in [1.165, 1.54) is 35.4 Å². The summed E-state index contributed by atoms with van der Waals surface area (Å²) in [5, 5.41) is 6.21. The third kappa shape index (κ3) is 6.63. The van der Waals surface area contributed by atoms with Crippen LogP contribution >= 0.6 is 11.6 Å². The predicted octanol–water partition coefficient (Wildman–Crippen LogP) is 2.29. The summed E-state index contributed by atoms with van der Waals surface area (Å²) >= 11 is 5.92. The molecule has 2 aromatic rings. The molecule has 2 fully saturated rings. The molecule has 2 aromatic carbocycles. The first-order valence-corrected chi connectivity index (χ1v) is 15.4. The maximum atomic E-state index is 13.3. The van der Waals surface area contributed by atoms with Gasteiger partial charge in [-0.05, 0) is 66.6 Å². The van der Waals surface area contributed by atoms with Crippen LogP contribution in [0.25, 0.3) is 0 Å². The summed E-state index contributed by atoms with van der Waals surface area (Å²) in [4.78, 5) is 28.4. The van der Waals surface area contributed by atoms with E-state index < -0.39 is 22.0 Å². The Hall–Kier alpha value is -2.50. The van der Waals surface area contributed by atoms with Crippen LogP contribution in [0.5, 0.6) is 0 Å². The van der Waals surface area contributed by atoms with Crippen molar-refractivity contribution in [3.63, 3.8) is 0 Å². The molecule has 2 amide bonds. The van der Waals surface area contributed by atoms with E-state index in [1.807, 2.05) is 0 Å². The number of halogens is 1. The number of sulfonamides is 1. The summed E-state index contributed by atoms with van der Waals surface area (Å²) in [7, 11) is -3.98. The number of nitrogens with zero attached hydrogens (tertiary/aromatic N) is 2. The highest BCUT2D eigenvalue weighted by Crippen LogP contribution is 2.31. The molecule has 2 unspecified atom stereocenters. The topological polar surface area (TPSA) is 108 Å². The Morgan fingerprint density at radius 1 is 1.10 bits per heavy atom. The van der Waals surface area contributed by atoms with E-state index in [-0.39, 0.29) is 36.4 Å². The molecule has 2 heterocycles. The Morgan fingerprint density at radius 3 is 2.64 bits per heavy atom. The maximum Gasteiger partial charge on any atom is 0.243 e. The van der Waals surface area contributed by atoms with Crippen molar-refractivity contribution in [1.29, 1.82) is 0 Å². The van der Waals surface area contributed by atoms with Gasteiger partial charge in [-0.2, -0.15) is 4.31 Å². The molecule has 2 N–H and O–H groups in total. The Morgan fingerprint density at radius 2 is 1.87 bits per heavy atom. The quantitative estimate of drug-likeness (QED) is 0.501. The molecule has 0 saturated carbocycles. The van der Waals surface area contributed by atoms with Gasteiger partial charge in [-0.25, -0.2) is 8.42 Å². The lowest BCUT2D eigenvalue weighted by Crippen LogP contribution is -2.58. The van der Waals surface area contributed by atoms with Gasteiger partial charge in [0.25, 0.3) is 0 Å². The molecule has 0 aromatic heterocycles. The first-order valence-electron chi connectivity index (χ1n) is 13.6. The molecule has 210 valence electrons. The van der Waals surface area contributed by atoms with Gasteiger partial charge in [0.15, 0.2) is 0 Å². The van der Waals surface area contributed by atoms with Crippen LogP contribution in [0.1, 0.15) is 42.0 Å². The smallest absolute Gasteiger partial charge is 0.243 e. The normalized spacial score (nSPS) is 22.6. The Labute approximate surface area is 234 Å². The van der Waals surface area contributed by atoms with Crippen molar-refractivity contribution in [2.24, 2.45) is 0 Å². The number of morpholine rings is 1. The van der Waals surface area contributed by atoms with Gasteiger partial charge in [-0.15, -0.1) is 0 Å². The minimum absolute atomic E-state index is 0.0395. The largest absolute Gasteiger partial charge is 0.379 e. The van der Waals surface area contributed by atoms with Gasteiger partial charge in [0.2, 0.25) is 21.8 Å². The lowest BCUT2D eigenvalue weighted by Gasteiger charge is -2.34. The summed E-state index contributed by atoms with van der Waals surface area (Å²) < 4.78 is 33.2. The van der Waals surface area contributed by atoms with Crippen LogP contribution in [-0.2, 0) is 37.2 Å². The number of fused-ring (bicyclic) bond motifs is 1. The number of nitrogens with one attached hydrogen (secondary N) is 2. The van der Waals surface area contributed by atoms with Crippen LogP contribution in [0.4, 0.5) is 0 Å². The first-order chi connectivity index (χ1) is 18.8. The second kappa shape index (κ2) is 12.3. The van der Waals surface area contributed by atoms with Crippen molar-refractivity contribution in [3.8, 4) is 0 Å². The number of amides is 2. The minimum Gasteiger partial charge on any atom is -0.379 e. The molecular formula is C28H35ClN4O5S. The highest BCUT2D eigenvalue weighted by molar-refractivity contribution is 7.89. The second-order valence-electron chi connectivity index (χ2n) is 10.3. The molecule has 11 heteroatoms. The van der Waals surface area contributed by atoms with Crippen molar-refractivity contribution in [1.82, 2.24) is 19.8 Å². The van der Waals surface area contributed by atoms with Gasteiger partial charge in [0.1, 0.15) is 6.04 Å². The van der Waals surface area contributed by atoms with Crippen LogP contribution < -0.4 is 10.6 Å². The van der Waals surface area contributed by atoms with E-state index >= 15 is 0 Å². The summed E-state index contributed by atoms with van der Waals surface area (Å²) in [5.74, 6) is -0.814. The van der Waals surface area contributed by atoms with Crippen molar-refractivity contribution in [3.05, 3.63) is 64.2 Å². The zero-order valence-corrected chi connectivity index (χ0v) is 23.5. The number of carbonyl (C=O) groups excluding carboxylic acids is 2. The molecule has 0 radical (unpaired) electrons. The van der Waals surface area contributed by atoms with Gasteiger partial charge in [-0.3, -0.25) is 14.5 Å². The fraction of sp³-hybridized carbons (Fsp3) is 0.500. The summed E-state index contributed by atoms with van der Waals surface area (Å²) in [6, 6.07) is 11.0. The third-order valence-electron chi connectivity index (χ3n) is 7.76. The van der Waals surface area contributed by atoms with Gasteiger partial charge >= 0.3 is 0 Å². The molecule has 3 aliphatic rings. The SMILES string of the molecule is O=C(CC1C(=O)NCCN1S(=O)(=O)c1ccc(Cl)cc1)NC1CCCc2cc(CCN3CCOCC3)ccc21. The van der Waals surface area contributed by atoms with Gasteiger partial charge in [-0.1, -0.05) is 29.8 Å². The van der Waals surface area contributed by atoms with Crippen molar-refractivity contribution < 1.29 is 22.7 Å². The first kappa shape index (κ1) is 28.0. The van der Waals surface area contributed by atoms with Crippen LogP contribution in [0, 0.1) is 0 Å². The number of hydrogen-bond donors (Lipinski definition) is 2. The van der Waals surface area contributed by atoms with Crippen LogP contribution in [0.2, 0.25) is 5.02 Å². The molecule has 2 aliphatic heterocycles. The third-order valence-corrected chi connectivity index (χ3v) is 9.93. The molecule has 2 saturated heterocycles. The predicted molar refractivity (Wildman–Crippen MR) is 148 cm³/mol. The van der Waals surface area contributed by atoms with Gasteiger partial charge in [0.05, 0.1) is 30.6 Å². The number of aryl methyl sites for hydroxylation is 1. The van der Waals surface area contributed by atoms with E-state index in [0.717, 1.165) is 68.4 Å². The van der Waals surface area contributed by atoms with Crippen molar-refractivity contribution in [2.45, 2.75) is 49.1 Å². The number of piperazine rings is 1. The highest BCUT2D eigenvalue weighted by atomic mass is 35.5.